The zero-order valence-electron chi connectivity index (χ0n) is 10.4. The molecule has 7 heteroatoms. The number of aryl methyl sites for hydroxylation is 1. The topological polar surface area (TPSA) is 84.2 Å². The molecule has 1 aromatic heterocycles. The van der Waals surface area contributed by atoms with Crippen molar-refractivity contribution >= 4 is 17.6 Å². The SMILES string of the molecule is O=C(CCn1cccn1)Nc1cccc(F)c1C(=O)O. The molecule has 0 aliphatic heterocycles. The molecule has 0 radical (unpaired) electrons. The van der Waals surface area contributed by atoms with E-state index in [1.807, 2.05) is 0 Å². The van der Waals surface area contributed by atoms with Gasteiger partial charge < -0.3 is 10.4 Å². The van der Waals surface area contributed by atoms with Crippen LogP contribution in [0.2, 0.25) is 0 Å². The van der Waals surface area contributed by atoms with Crippen molar-refractivity contribution in [3.8, 4) is 0 Å². The average Bonchev–Trinajstić information content (AvgIpc) is 2.89. The van der Waals surface area contributed by atoms with Crippen LogP contribution in [-0.4, -0.2) is 26.8 Å². The van der Waals surface area contributed by atoms with Crippen LogP contribution in [0.5, 0.6) is 0 Å². The highest BCUT2D eigenvalue weighted by Crippen LogP contribution is 2.19. The first-order chi connectivity index (χ1) is 9.58. The van der Waals surface area contributed by atoms with Crippen LogP contribution in [0.15, 0.2) is 36.7 Å². The van der Waals surface area contributed by atoms with Crippen molar-refractivity contribution in [1.82, 2.24) is 9.78 Å². The lowest BCUT2D eigenvalue weighted by Gasteiger charge is -2.09. The normalized spacial score (nSPS) is 10.2. The molecule has 20 heavy (non-hydrogen) atoms. The fourth-order valence-corrected chi connectivity index (χ4v) is 1.71. The van der Waals surface area contributed by atoms with E-state index in [0.29, 0.717) is 6.54 Å². The molecule has 2 aromatic rings. The monoisotopic (exact) mass is 277 g/mol. The maximum Gasteiger partial charge on any atom is 0.340 e. The zero-order chi connectivity index (χ0) is 14.5. The highest BCUT2D eigenvalue weighted by Gasteiger charge is 2.17. The predicted octanol–water partition coefficient (Wildman–Crippen LogP) is 1.75. The van der Waals surface area contributed by atoms with Crippen LogP contribution in [0, 0.1) is 5.82 Å². The standard InChI is InChI=1S/C13H12FN3O3/c14-9-3-1-4-10(12(9)13(19)20)16-11(18)5-8-17-7-2-6-15-17/h1-4,6-7H,5,8H2,(H,16,18)(H,19,20). The number of amides is 1. The number of rotatable bonds is 5. The van der Waals surface area contributed by atoms with E-state index in [1.54, 1.807) is 23.1 Å². The van der Waals surface area contributed by atoms with E-state index in [4.69, 9.17) is 5.11 Å². The number of hydrogen-bond donors (Lipinski definition) is 2. The molecule has 0 saturated carbocycles. The molecule has 0 saturated heterocycles. The van der Waals surface area contributed by atoms with Crippen molar-refractivity contribution in [2.24, 2.45) is 0 Å². The Balaban J connectivity index is 2.04. The number of carboxylic acids is 1. The molecule has 0 spiro atoms. The summed E-state index contributed by atoms with van der Waals surface area (Å²) in [5.41, 5.74) is -0.595. The summed E-state index contributed by atoms with van der Waals surface area (Å²) in [7, 11) is 0. The van der Waals surface area contributed by atoms with Gasteiger partial charge in [0, 0.05) is 25.4 Å². The molecule has 6 nitrogen and oxygen atoms in total. The number of carbonyl (C=O) groups excluding carboxylic acids is 1. The number of carbonyl (C=O) groups is 2. The number of aromatic carboxylic acids is 1. The molecule has 1 heterocycles. The molecule has 0 bridgehead atoms. The lowest BCUT2D eigenvalue weighted by atomic mass is 10.1. The van der Waals surface area contributed by atoms with Gasteiger partial charge in [-0.3, -0.25) is 9.48 Å². The van der Waals surface area contributed by atoms with Gasteiger partial charge in [-0.15, -0.1) is 0 Å². The van der Waals surface area contributed by atoms with E-state index in [-0.39, 0.29) is 12.1 Å². The van der Waals surface area contributed by atoms with Gasteiger partial charge >= 0.3 is 5.97 Å². The molecule has 2 rings (SSSR count). The van der Waals surface area contributed by atoms with Gasteiger partial charge in [0.25, 0.3) is 0 Å². The third kappa shape index (κ3) is 3.19. The second kappa shape index (κ2) is 5.96. The third-order valence-corrected chi connectivity index (χ3v) is 2.63. The molecule has 0 unspecified atom stereocenters. The molecule has 0 atom stereocenters. The Morgan fingerprint density at radius 3 is 2.80 bits per heavy atom. The van der Waals surface area contributed by atoms with Crippen LogP contribution in [0.4, 0.5) is 10.1 Å². The Labute approximate surface area is 113 Å². The smallest absolute Gasteiger partial charge is 0.340 e. The van der Waals surface area contributed by atoms with Crippen LogP contribution in [-0.2, 0) is 11.3 Å². The first kappa shape index (κ1) is 13.7. The summed E-state index contributed by atoms with van der Waals surface area (Å²) in [6.07, 6.45) is 3.41. The highest BCUT2D eigenvalue weighted by molar-refractivity contribution is 6.00. The molecule has 0 aliphatic rings. The van der Waals surface area contributed by atoms with Crippen molar-refractivity contribution in [1.29, 1.82) is 0 Å². The Bertz CT molecular complexity index is 626. The van der Waals surface area contributed by atoms with E-state index in [2.05, 4.69) is 10.4 Å². The van der Waals surface area contributed by atoms with Crippen LogP contribution in [0.3, 0.4) is 0 Å². The van der Waals surface area contributed by atoms with Gasteiger partial charge in [-0.25, -0.2) is 9.18 Å². The van der Waals surface area contributed by atoms with Gasteiger partial charge in [0.15, 0.2) is 0 Å². The van der Waals surface area contributed by atoms with Gasteiger partial charge in [0.05, 0.1) is 5.69 Å². The highest BCUT2D eigenvalue weighted by atomic mass is 19.1. The van der Waals surface area contributed by atoms with Crippen molar-refractivity contribution in [2.45, 2.75) is 13.0 Å². The molecular weight excluding hydrogens is 265 g/mol. The maximum atomic E-state index is 13.4. The number of anilines is 1. The first-order valence-electron chi connectivity index (χ1n) is 5.87. The summed E-state index contributed by atoms with van der Waals surface area (Å²) in [4.78, 5) is 22.7. The summed E-state index contributed by atoms with van der Waals surface area (Å²) in [5.74, 6) is -2.72. The molecule has 104 valence electrons. The Hall–Kier alpha value is -2.70. The molecule has 1 amide bonds. The Morgan fingerprint density at radius 2 is 2.15 bits per heavy atom. The number of halogens is 1. The second-order valence-corrected chi connectivity index (χ2v) is 4.03. The third-order valence-electron chi connectivity index (χ3n) is 2.63. The molecule has 0 fully saturated rings. The van der Waals surface area contributed by atoms with Gasteiger partial charge in [-0.1, -0.05) is 6.07 Å². The van der Waals surface area contributed by atoms with Gasteiger partial charge in [0.1, 0.15) is 11.4 Å². The van der Waals surface area contributed by atoms with E-state index < -0.39 is 23.3 Å². The van der Waals surface area contributed by atoms with Crippen LogP contribution in [0.25, 0.3) is 0 Å². The van der Waals surface area contributed by atoms with Gasteiger partial charge in [-0.05, 0) is 18.2 Å². The van der Waals surface area contributed by atoms with Crippen molar-refractivity contribution in [3.63, 3.8) is 0 Å². The van der Waals surface area contributed by atoms with Gasteiger partial charge in [-0.2, -0.15) is 5.10 Å². The van der Waals surface area contributed by atoms with Gasteiger partial charge in [0.2, 0.25) is 5.91 Å². The number of nitrogens with zero attached hydrogens (tertiary/aromatic N) is 2. The summed E-state index contributed by atoms with van der Waals surface area (Å²) < 4.78 is 15.0. The number of aromatic nitrogens is 2. The quantitative estimate of drug-likeness (QED) is 0.872. The summed E-state index contributed by atoms with van der Waals surface area (Å²) in [5, 5.41) is 15.3. The number of nitrogens with one attached hydrogen (secondary N) is 1. The van der Waals surface area contributed by atoms with E-state index in [1.165, 1.54) is 12.1 Å². The molecule has 2 N–H and O–H groups in total. The first-order valence-corrected chi connectivity index (χ1v) is 5.87. The zero-order valence-corrected chi connectivity index (χ0v) is 10.4. The molecular formula is C13H12FN3O3. The Morgan fingerprint density at radius 1 is 1.35 bits per heavy atom. The Kier molecular flexibility index (Phi) is 4.09. The predicted molar refractivity (Wildman–Crippen MR) is 68.8 cm³/mol. The minimum absolute atomic E-state index is 0.0528. The fraction of sp³-hybridized carbons (Fsp3) is 0.154. The van der Waals surface area contributed by atoms with Crippen LogP contribution in [0.1, 0.15) is 16.8 Å². The summed E-state index contributed by atoms with van der Waals surface area (Å²) in [6, 6.07) is 5.44. The summed E-state index contributed by atoms with van der Waals surface area (Å²) in [6.45, 7) is 0.358. The van der Waals surface area contributed by atoms with Crippen molar-refractivity contribution in [3.05, 3.63) is 48.0 Å². The van der Waals surface area contributed by atoms with Crippen LogP contribution >= 0.6 is 0 Å². The van der Waals surface area contributed by atoms with E-state index >= 15 is 0 Å². The van der Waals surface area contributed by atoms with Crippen molar-refractivity contribution < 1.29 is 19.1 Å². The number of carboxylic acid groups (broad SMARTS) is 1. The average molecular weight is 277 g/mol. The van der Waals surface area contributed by atoms with Crippen molar-refractivity contribution in [2.75, 3.05) is 5.32 Å². The van der Waals surface area contributed by atoms with E-state index in [0.717, 1.165) is 6.07 Å². The largest absolute Gasteiger partial charge is 0.478 e. The number of benzene rings is 1. The van der Waals surface area contributed by atoms with Crippen LogP contribution < -0.4 is 5.32 Å². The fourth-order valence-electron chi connectivity index (χ4n) is 1.71. The lowest BCUT2D eigenvalue weighted by Crippen LogP contribution is -2.17. The molecule has 1 aromatic carbocycles. The number of hydrogen-bond acceptors (Lipinski definition) is 3. The van der Waals surface area contributed by atoms with E-state index in [9.17, 15) is 14.0 Å². The molecule has 0 aliphatic carbocycles. The second-order valence-electron chi connectivity index (χ2n) is 4.03. The lowest BCUT2D eigenvalue weighted by molar-refractivity contribution is -0.116. The minimum atomic E-state index is -1.43. The maximum absolute atomic E-state index is 13.4. The minimum Gasteiger partial charge on any atom is -0.478 e. The summed E-state index contributed by atoms with van der Waals surface area (Å²) >= 11 is 0.